The van der Waals surface area contributed by atoms with Crippen LogP contribution in [-0.4, -0.2) is 22.7 Å². The Labute approximate surface area is 104 Å². The van der Waals surface area contributed by atoms with Gasteiger partial charge in [0.2, 0.25) is 0 Å². The standard InChI is InChI=1S/C6H6F3N3O.C5H12/c1-10-5(13)4-2-11-12(3-4)6(7,8)9;1-3-5-4-2/h2-3H,1H3,(H,10,13);3-5H2,1-2H3. The zero-order valence-corrected chi connectivity index (χ0v) is 10.7. The van der Waals surface area contributed by atoms with Crippen molar-refractivity contribution in [3.63, 3.8) is 0 Å². The van der Waals surface area contributed by atoms with Crippen molar-refractivity contribution in [2.24, 2.45) is 0 Å². The third kappa shape index (κ3) is 5.70. The van der Waals surface area contributed by atoms with Crippen LogP contribution in [-0.2, 0) is 6.30 Å². The molecule has 0 unspecified atom stereocenters. The summed E-state index contributed by atoms with van der Waals surface area (Å²) >= 11 is 0. The lowest BCUT2D eigenvalue weighted by Crippen LogP contribution is -2.19. The lowest BCUT2D eigenvalue weighted by Gasteiger charge is -2.03. The topological polar surface area (TPSA) is 46.9 Å². The van der Waals surface area contributed by atoms with Gasteiger partial charge in [-0.15, -0.1) is 13.2 Å². The molecule has 0 aliphatic carbocycles. The Hall–Kier alpha value is -1.53. The number of carbonyl (C=O) groups excluding carboxylic acids is 1. The van der Waals surface area contributed by atoms with Crippen molar-refractivity contribution in [3.05, 3.63) is 18.0 Å². The first-order valence-electron chi connectivity index (χ1n) is 5.70. The molecule has 1 amide bonds. The Bertz CT molecular complexity index is 359. The second-order valence-electron chi connectivity index (χ2n) is 3.57. The molecule has 0 aliphatic rings. The monoisotopic (exact) mass is 265 g/mol. The van der Waals surface area contributed by atoms with E-state index in [2.05, 4.69) is 24.3 Å². The number of nitrogens with one attached hydrogen (secondary N) is 1. The van der Waals surface area contributed by atoms with Crippen molar-refractivity contribution >= 4 is 5.91 Å². The second kappa shape index (κ2) is 7.73. The van der Waals surface area contributed by atoms with Crippen molar-refractivity contribution in [1.29, 1.82) is 0 Å². The van der Waals surface area contributed by atoms with Crippen LogP contribution in [0.4, 0.5) is 13.2 Å². The molecule has 0 bridgehead atoms. The fraction of sp³-hybridized carbons (Fsp3) is 0.636. The molecule has 18 heavy (non-hydrogen) atoms. The van der Waals surface area contributed by atoms with E-state index in [4.69, 9.17) is 0 Å². The zero-order valence-electron chi connectivity index (χ0n) is 10.7. The van der Waals surface area contributed by atoms with Gasteiger partial charge in [-0.05, 0) is 0 Å². The van der Waals surface area contributed by atoms with Gasteiger partial charge in [0.1, 0.15) is 0 Å². The Morgan fingerprint density at radius 2 is 1.94 bits per heavy atom. The summed E-state index contributed by atoms with van der Waals surface area (Å²) < 4.78 is 35.6. The predicted octanol–water partition coefficient (Wildman–Crippen LogP) is 2.92. The molecule has 0 saturated carbocycles. The fourth-order valence-corrected chi connectivity index (χ4v) is 1.08. The van der Waals surface area contributed by atoms with E-state index in [1.165, 1.54) is 26.3 Å². The number of unbranched alkanes of at least 4 members (excludes halogenated alkanes) is 2. The first kappa shape index (κ1) is 16.5. The molecular formula is C11H18F3N3O. The summed E-state index contributed by atoms with van der Waals surface area (Å²) in [5, 5.41) is 5.17. The van der Waals surface area contributed by atoms with Gasteiger partial charge in [-0.1, -0.05) is 33.1 Å². The van der Waals surface area contributed by atoms with Crippen LogP contribution >= 0.6 is 0 Å². The maximum Gasteiger partial charge on any atom is 0.504 e. The van der Waals surface area contributed by atoms with Crippen LogP contribution in [0.1, 0.15) is 43.5 Å². The Morgan fingerprint density at radius 1 is 1.39 bits per heavy atom. The molecule has 1 aromatic heterocycles. The molecule has 104 valence electrons. The van der Waals surface area contributed by atoms with E-state index in [9.17, 15) is 18.0 Å². The van der Waals surface area contributed by atoms with E-state index >= 15 is 0 Å². The van der Waals surface area contributed by atoms with Crippen LogP contribution in [0.2, 0.25) is 0 Å². The number of alkyl halides is 3. The molecule has 0 spiro atoms. The van der Waals surface area contributed by atoms with Gasteiger partial charge in [-0.2, -0.15) is 9.78 Å². The minimum atomic E-state index is -4.58. The van der Waals surface area contributed by atoms with E-state index in [1.54, 1.807) is 0 Å². The van der Waals surface area contributed by atoms with Crippen LogP contribution in [0.5, 0.6) is 0 Å². The Kier molecular flexibility index (Phi) is 7.07. The number of carbonyl (C=O) groups is 1. The molecule has 0 radical (unpaired) electrons. The number of hydrogen-bond donors (Lipinski definition) is 1. The molecule has 0 saturated heterocycles. The highest BCUT2D eigenvalue weighted by atomic mass is 19.4. The maximum absolute atomic E-state index is 11.9. The minimum Gasteiger partial charge on any atom is -0.355 e. The molecule has 0 atom stereocenters. The first-order chi connectivity index (χ1) is 8.36. The molecule has 1 heterocycles. The van der Waals surface area contributed by atoms with Crippen molar-refractivity contribution in [2.45, 2.75) is 39.4 Å². The zero-order chi connectivity index (χ0) is 14.2. The predicted molar refractivity (Wildman–Crippen MR) is 62.1 cm³/mol. The summed E-state index contributed by atoms with van der Waals surface area (Å²) in [6.07, 6.45) is 0.977. The van der Waals surface area contributed by atoms with Gasteiger partial charge in [0, 0.05) is 13.2 Å². The fourth-order valence-electron chi connectivity index (χ4n) is 1.08. The molecule has 0 aromatic carbocycles. The summed E-state index contributed by atoms with van der Waals surface area (Å²) in [4.78, 5) is 10.8. The average molecular weight is 265 g/mol. The van der Waals surface area contributed by atoms with E-state index < -0.39 is 12.2 Å². The quantitative estimate of drug-likeness (QED) is 0.913. The van der Waals surface area contributed by atoms with Crippen molar-refractivity contribution in [3.8, 4) is 0 Å². The highest BCUT2D eigenvalue weighted by molar-refractivity contribution is 5.93. The van der Waals surface area contributed by atoms with Crippen molar-refractivity contribution < 1.29 is 18.0 Å². The first-order valence-corrected chi connectivity index (χ1v) is 5.70. The summed E-state index contributed by atoms with van der Waals surface area (Å²) in [5.41, 5.74) is -0.125. The van der Waals surface area contributed by atoms with Gasteiger partial charge in [-0.25, -0.2) is 0 Å². The van der Waals surface area contributed by atoms with Gasteiger partial charge in [0.25, 0.3) is 5.91 Å². The van der Waals surface area contributed by atoms with E-state index in [-0.39, 0.29) is 10.2 Å². The molecule has 7 heteroatoms. The summed E-state index contributed by atoms with van der Waals surface area (Å²) in [5.74, 6) is -0.601. The number of rotatable bonds is 3. The van der Waals surface area contributed by atoms with Gasteiger partial charge in [-0.3, -0.25) is 4.79 Å². The third-order valence-electron chi connectivity index (χ3n) is 2.04. The molecular weight excluding hydrogens is 247 g/mol. The van der Waals surface area contributed by atoms with E-state index in [1.807, 2.05) is 0 Å². The summed E-state index contributed by atoms with van der Waals surface area (Å²) in [6, 6.07) is 0. The summed E-state index contributed by atoms with van der Waals surface area (Å²) in [7, 11) is 1.33. The third-order valence-corrected chi connectivity index (χ3v) is 2.04. The number of amides is 1. The van der Waals surface area contributed by atoms with Gasteiger partial charge < -0.3 is 5.32 Å². The Balaban J connectivity index is 0.000000494. The molecule has 0 aliphatic heterocycles. The molecule has 0 fully saturated rings. The van der Waals surface area contributed by atoms with Gasteiger partial charge >= 0.3 is 6.30 Å². The largest absolute Gasteiger partial charge is 0.504 e. The molecule has 1 N–H and O–H groups in total. The highest BCUT2D eigenvalue weighted by Gasteiger charge is 2.32. The number of nitrogens with zero attached hydrogens (tertiary/aromatic N) is 2. The lowest BCUT2D eigenvalue weighted by atomic mass is 10.3. The molecule has 1 aromatic rings. The van der Waals surface area contributed by atoms with Crippen LogP contribution in [0.25, 0.3) is 0 Å². The van der Waals surface area contributed by atoms with E-state index in [0.29, 0.717) is 6.20 Å². The number of hydrogen-bond acceptors (Lipinski definition) is 2. The second-order valence-corrected chi connectivity index (χ2v) is 3.57. The SMILES string of the molecule is CCCCC.CNC(=O)c1cnn(C(F)(F)F)c1. The lowest BCUT2D eigenvalue weighted by molar-refractivity contribution is -0.212. The summed E-state index contributed by atoms with van der Waals surface area (Å²) in [6.45, 7) is 4.42. The highest BCUT2D eigenvalue weighted by Crippen LogP contribution is 2.20. The van der Waals surface area contributed by atoms with Gasteiger partial charge in [0.05, 0.1) is 11.8 Å². The minimum absolute atomic E-state index is 0.125. The van der Waals surface area contributed by atoms with Crippen LogP contribution in [0, 0.1) is 0 Å². The smallest absolute Gasteiger partial charge is 0.355 e. The average Bonchev–Trinajstić information content (AvgIpc) is 2.79. The molecule has 4 nitrogen and oxygen atoms in total. The maximum atomic E-state index is 11.9. The van der Waals surface area contributed by atoms with Crippen molar-refractivity contribution in [1.82, 2.24) is 15.1 Å². The molecule has 1 rings (SSSR count). The van der Waals surface area contributed by atoms with Crippen molar-refractivity contribution in [2.75, 3.05) is 7.05 Å². The van der Waals surface area contributed by atoms with E-state index in [0.717, 1.165) is 6.20 Å². The van der Waals surface area contributed by atoms with Crippen LogP contribution in [0.3, 0.4) is 0 Å². The number of aromatic nitrogens is 2. The number of halogens is 3. The van der Waals surface area contributed by atoms with Crippen LogP contribution in [0.15, 0.2) is 12.4 Å². The normalized spacial score (nSPS) is 10.6. The van der Waals surface area contributed by atoms with Crippen LogP contribution < -0.4 is 5.32 Å². The Morgan fingerprint density at radius 3 is 2.22 bits per heavy atom. The van der Waals surface area contributed by atoms with Gasteiger partial charge in [0.15, 0.2) is 0 Å².